The van der Waals surface area contributed by atoms with E-state index in [-0.39, 0.29) is 0 Å². The van der Waals surface area contributed by atoms with Gasteiger partial charge in [0.25, 0.3) is 0 Å². The molecule has 0 saturated carbocycles. The summed E-state index contributed by atoms with van der Waals surface area (Å²) in [7, 11) is 0. The number of nitriles is 1. The highest BCUT2D eigenvalue weighted by molar-refractivity contribution is 5.85. The molecule has 3 heterocycles. The first kappa shape index (κ1) is 21.3. The molecule has 3 aromatic heterocycles. The van der Waals surface area contributed by atoms with Crippen molar-refractivity contribution in [1.82, 2.24) is 24.6 Å². The van der Waals surface area contributed by atoms with Gasteiger partial charge in [0, 0.05) is 17.3 Å². The minimum absolute atomic E-state index is 0.361. The molecule has 2 N–H and O–H groups in total. The van der Waals surface area contributed by atoms with Crippen molar-refractivity contribution in [2.45, 2.75) is 26.2 Å². The third-order valence-electron chi connectivity index (χ3n) is 5.88. The molecule has 34 heavy (non-hydrogen) atoms. The normalized spacial score (nSPS) is 11.6. The van der Waals surface area contributed by atoms with Gasteiger partial charge in [0.1, 0.15) is 0 Å². The first-order valence-corrected chi connectivity index (χ1v) is 11.0. The number of nitrogen functional groups attached to an aromatic ring is 1. The summed E-state index contributed by atoms with van der Waals surface area (Å²) in [6.45, 7) is 6.22. The van der Waals surface area contributed by atoms with Gasteiger partial charge >= 0.3 is 0 Å². The average Bonchev–Trinajstić information content (AvgIpc) is 3.30. The van der Waals surface area contributed by atoms with E-state index < -0.39 is 5.41 Å². The Labute approximate surface area is 196 Å². The van der Waals surface area contributed by atoms with E-state index in [4.69, 9.17) is 10.5 Å². The summed E-state index contributed by atoms with van der Waals surface area (Å²) in [5, 5.41) is 18.2. The van der Waals surface area contributed by atoms with Crippen LogP contribution in [0.15, 0.2) is 60.9 Å². The van der Waals surface area contributed by atoms with Crippen LogP contribution in [0.4, 0.5) is 5.82 Å². The van der Waals surface area contributed by atoms with Crippen LogP contribution in [0.3, 0.4) is 0 Å². The van der Waals surface area contributed by atoms with Crippen molar-refractivity contribution in [2.24, 2.45) is 0 Å². The summed E-state index contributed by atoms with van der Waals surface area (Å²) in [4.78, 5) is 8.84. The number of ether oxygens (including phenoxy) is 1. The number of nitrogens with two attached hydrogens (primary N) is 1. The molecule has 8 heteroatoms. The summed E-state index contributed by atoms with van der Waals surface area (Å²) < 4.78 is 7.61. The highest BCUT2D eigenvalue weighted by atomic mass is 16.5. The van der Waals surface area contributed by atoms with Crippen LogP contribution < -0.4 is 10.5 Å². The Morgan fingerprint density at radius 1 is 0.971 bits per heavy atom. The molecule has 0 aliphatic heterocycles. The summed E-state index contributed by atoms with van der Waals surface area (Å²) in [5.74, 6) is 1.62. The lowest BCUT2D eigenvalue weighted by molar-refractivity contribution is 0.341. The predicted molar refractivity (Wildman–Crippen MR) is 131 cm³/mol. The van der Waals surface area contributed by atoms with E-state index in [2.05, 4.69) is 26.2 Å². The SMILES string of the molecule is CCOc1cc(-c2ccc3ncc4nnc(-c5ccc(C(C)(C)C#N)cc5)n4c3c2)cnc1N. The maximum Gasteiger partial charge on any atom is 0.180 e. The van der Waals surface area contributed by atoms with Gasteiger partial charge in [-0.05, 0) is 50.1 Å². The quantitative estimate of drug-likeness (QED) is 0.410. The van der Waals surface area contributed by atoms with Crippen LogP contribution in [0.1, 0.15) is 26.3 Å². The molecule has 0 bridgehead atoms. The molecule has 2 aromatic carbocycles. The zero-order chi connectivity index (χ0) is 23.9. The molecule has 5 rings (SSSR count). The number of anilines is 1. The van der Waals surface area contributed by atoms with Gasteiger partial charge in [-0.3, -0.25) is 9.38 Å². The Morgan fingerprint density at radius 2 is 1.74 bits per heavy atom. The molecule has 0 unspecified atom stereocenters. The highest BCUT2D eigenvalue weighted by Gasteiger charge is 2.20. The van der Waals surface area contributed by atoms with E-state index in [1.54, 1.807) is 12.4 Å². The molecule has 0 amide bonds. The van der Waals surface area contributed by atoms with Crippen LogP contribution in [0, 0.1) is 11.3 Å². The molecular weight excluding hydrogens is 426 g/mol. The second-order valence-electron chi connectivity index (χ2n) is 8.53. The van der Waals surface area contributed by atoms with Gasteiger partial charge in [0.15, 0.2) is 23.0 Å². The van der Waals surface area contributed by atoms with Crippen LogP contribution in [0.5, 0.6) is 5.75 Å². The second kappa shape index (κ2) is 8.12. The van der Waals surface area contributed by atoms with E-state index >= 15 is 0 Å². The standard InChI is InChI=1S/C26H23N7O/c1-4-34-22-12-18(13-30-24(22)28)17-7-10-20-21(11-17)33-23(14-29-20)31-32-25(33)16-5-8-19(9-6-16)26(2,3)15-27/h5-14H,4H2,1-3H3,(H2,28,30). The molecule has 0 aliphatic rings. The number of fused-ring (bicyclic) bond motifs is 3. The average molecular weight is 450 g/mol. The summed E-state index contributed by atoms with van der Waals surface area (Å²) in [6.07, 6.45) is 3.44. The first-order valence-electron chi connectivity index (χ1n) is 11.0. The third-order valence-corrected chi connectivity index (χ3v) is 5.88. The Kier molecular flexibility index (Phi) is 5.10. The largest absolute Gasteiger partial charge is 0.490 e. The smallest absolute Gasteiger partial charge is 0.180 e. The summed E-state index contributed by atoms with van der Waals surface area (Å²) >= 11 is 0. The van der Waals surface area contributed by atoms with Crippen LogP contribution in [0.2, 0.25) is 0 Å². The number of pyridine rings is 1. The number of hydrogen-bond donors (Lipinski definition) is 1. The number of aromatic nitrogens is 5. The maximum atomic E-state index is 9.44. The molecule has 0 atom stereocenters. The maximum absolute atomic E-state index is 9.44. The lowest BCUT2D eigenvalue weighted by Gasteiger charge is -2.15. The van der Waals surface area contributed by atoms with Gasteiger partial charge in [0.2, 0.25) is 0 Å². The molecule has 0 fully saturated rings. The van der Waals surface area contributed by atoms with Crippen molar-refractivity contribution in [3.8, 4) is 34.3 Å². The molecule has 0 radical (unpaired) electrons. The van der Waals surface area contributed by atoms with Gasteiger partial charge in [-0.15, -0.1) is 10.2 Å². The highest BCUT2D eigenvalue weighted by Crippen LogP contribution is 2.31. The van der Waals surface area contributed by atoms with E-state index in [0.717, 1.165) is 33.3 Å². The fourth-order valence-corrected chi connectivity index (χ4v) is 3.91. The Morgan fingerprint density at radius 3 is 2.47 bits per heavy atom. The van der Waals surface area contributed by atoms with E-state index in [0.29, 0.717) is 29.6 Å². The predicted octanol–water partition coefficient (Wildman–Crippen LogP) is 4.79. The van der Waals surface area contributed by atoms with Crippen molar-refractivity contribution in [2.75, 3.05) is 12.3 Å². The first-order chi connectivity index (χ1) is 16.4. The van der Waals surface area contributed by atoms with Crippen LogP contribution in [-0.2, 0) is 5.41 Å². The second-order valence-corrected chi connectivity index (χ2v) is 8.53. The van der Waals surface area contributed by atoms with Gasteiger partial charge < -0.3 is 10.5 Å². The van der Waals surface area contributed by atoms with Crippen molar-refractivity contribution in [1.29, 1.82) is 5.26 Å². The van der Waals surface area contributed by atoms with E-state index in [1.165, 1.54) is 0 Å². The molecule has 5 aromatic rings. The van der Waals surface area contributed by atoms with Crippen molar-refractivity contribution in [3.05, 3.63) is 66.5 Å². The van der Waals surface area contributed by atoms with Crippen LogP contribution in [-0.4, -0.2) is 31.2 Å². The Balaban J connectivity index is 1.66. The number of nitrogens with zero attached hydrogens (tertiary/aromatic N) is 6. The molecule has 0 aliphatic carbocycles. The molecular formula is C26H23N7O. The van der Waals surface area contributed by atoms with Gasteiger partial charge in [0.05, 0.1) is 35.3 Å². The summed E-state index contributed by atoms with van der Waals surface area (Å²) in [6, 6.07) is 18.1. The third kappa shape index (κ3) is 3.57. The summed E-state index contributed by atoms with van der Waals surface area (Å²) in [5.41, 5.74) is 11.4. The van der Waals surface area contributed by atoms with E-state index in [1.807, 2.05) is 73.7 Å². The molecule has 0 saturated heterocycles. The molecule has 0 spiro atoms. The number of benzene rings is 2. The lowest BCUT2D eigenvalue weighted by Crippen LogP contribution is -2.13. The minimum Gasteiger partial charge on any atom is -0.490 e. The fraction of sp³-hybridized carbons (Fsp3) is 0.192. The monoisotopic (exact) mass is 449 g/mol. The van der Waals surface area contributed by atoms with Crippen LogP contribution in [0.25, 0.3) is 39.2 Å². The molecule has 8 nitrogen and oxygen atoms in total. The zero-order valence-electron chi connectivity index (χ0n) is 19.1. The van der Waals surface area contributed by atoms with Crippen molar-refractivity contribution >= 4 is 22.5 Å². The Hall–Kier alpha value is -4.51. The van der Waals surface area contributed by atoms with E-state index in [9.17, 15) is 5.26 Å². The van der Waals surface area contributed by atoms with Gasteiger partial charge in [-0.25, -0.2) is 4.98 Å². The fourth-order valence-electron chi connectivity index (χ4n) is 3.91. The molecule has 168 valence electrons. The van der Waals surface area contributed by atoms with Gasteiger partial charge in [-0.1, -0.05) is 30.3 Å². The topological polar surface area (TPSA) is 115 Å². The van der Waals surface area contributed by atoms with Gasteiger partial charge in [-0.2, -0.15) is 5.26 Å². The van der Waals surface area contributed by atoms with Crippen molar-refractivity contribution < 1.29 is 4.74 Å². The lowest BCUT2D eigenvalue weighted by atomic mass is 9.86. The van der Waals surface area contributed by atoms with Crippen LogP contribution >= 0.6 is 0 Å². The zero-order valence-corrected chi connectivity index (χ0v) is 19.1. The van der Waals surface area contributed by atoms with Crippen molar-refractivity contribution in [3.63, 3.8) is 0 Å². The number of hydrogen-bond acceptors (Lipinski definition) is 7. The number of rotatable bonds is 5. The minimum atomic E-state index is -0.565. The Bertz CT molecular complexity index is 1560.